The Labute approximate surface area is 156 Å². The van der Waals surface area contributed by atoms with Crippen LogP contribution in [0.25, 0.3) is 0 Å². The molecule has 24 heavy (non-hydrogen) atoms. The standard InChI is InChI=1S/C18H25N3O.2ClH/c19-15-8-7-14(11-15)18(22)21-10-9-20(12-13-5-6-13)16-3-1-2-4-17(16)21;;/h1-4,13-15H,5-12,19H2;2*1H. The number of amides is 1. The summed E-state index contributed by atoms with van der Waals surface area (Å²) in [5, 5.41) is 0. The van der Waals surface area contributed by atoms with Gasteiger partial charge < -0.3 is 15.5 Å². The Morgan fingerprint density at radius 1 is 1.04 bits per heavy atom. The van der Waals surface area contributed by atoms with Crippen molar-refractivity contribution in [2.45, 2.75) is 38.1 Å². The number of benzene rings is 1. The number of nitrogens with zero attached hydrogens (tertiary/aromatic N) is 2. The van der Waals surface area contributed by atoms with Crippen LogP contribution in [0.2, 0.25) is 0 Å². The molecule has 2 aliphatic carbocycles. The average molecular weight is 372 g/mol. The maximum atomic E-state index is 12.9. The van der Waals surface area contributed by atoms with Crippen LogP contribution >= 0.6 is 24.8 Å². The molecule has 0 aromatic heterocycles. The Morgan fingerprint density at radius 2 is 1.75 bits per heavy atom. The molecule has 2 unspecified atom stereocenters. The second-order valence-electron chi connectivity index (χ2n) is 7.14. The fraction of sp³-hybridized carbons (Fsp3) is 0.611. The van der Waals surface area contributed by atoms with E-state index in [-0.39, 0.29) is 42.7 Å². The minimum absolute atomic E-state index is 0. The molecule has 2 saturated carbocycles. The summed E-state index contributed by atoms with van der Waals surface area (Å²) in [4.78, 5) is 17.4. The number of hydrogen-bond acceptors (Lipinski definition) is 3. The van der Waals surface area contributed by atoms with Crippen LogP contribution in [0.5, 0.6) is 0 Å². The van der Waals surface area contributed by atoms with Gasteiger partial charge in [0.25, 0.3) is 0 Å². The van der Waals surface area contributed by atoms with Crippen molar-refractivity contribution in [3.05, 3.63) is 24.3 Å². The maximum Gasteiger partial charge on any atom is 0.230 e. The third-order valence-electron chi connectivity index (χ3n) is 5.37. The summed E-state index contributed by atoms with van der Waals surface area (Å²) in [6.45, 7) is 2.92. The zero-order valence-corrected chi connectivity index (χ0v) is 15.5. The van der Waals surface area contributed by atoms with Crippen molar-refractivity contribution in [1.82, 2.24) is 0 Å². The predicted molar refractivity (Wildman–Crippen MR) is 104 cm³/mol. The third kappa shape index (κ3) is 3.81. The quantitative estimate of drug-likeness (QED) is 0.886. The van der Waals surface area contributed by atoms with Crippen LogP contribution in [0, 0.1) is 11.8 Å². The maximum absolute atomic E-state index is 12.9. The second-order valence-corrected chi connectivity index (χ2v) is 7.14. The van der Waals surface area contributed by atoms with E-state index in [0.717, 1.165) is 50.5 Å². The summed E-state index contributed by atoms with van der Waals surface area (Å²) in [7, 11) is 0. The molecule has 1 aliphatic heterocycles. The highest BCUT2D eigenvalue weighted by molar-refractivity contribution is 5.99. The Kier molecular flexibility index (Phi) is 6.40. The van der Waals surface area contributed by atoms with E-state index >= 15 is 0 Å². The number of halogens is 2. The van der Waals surface area contributed by atoms with Gasteiger partial charge in [-0.15, -0.1) is 24.8 Å². The summed E-state index contributed by atoms with van der Waals surface area (Å²) >= 11 is 0. The fourth-order valence-electron chi connectivity index (χ4n) is 3.91. The van der Waals surface area contributed by atoms with E-state index < -0.39 is 0 Å². The minimum atomic E-state index is 0. The molecular formula is C18H27Cl2N3O. The molecule has 0 saturated heterocycles. The first-order chi connectivity index (χ1) is 10.7. The van der Waals surface area contributed by atoms with Gasteiger partial charge in [0.1, 0.15) is 0 Å². The molecule has 2 fully saturated rings. The van der Waals surface area contributed by atoms with Gasteiger partial charge in [0, 0.05) is 31.6 Å². The second kappa shape index (κ2) is 7.94. The monoisotopic (exact) mass is 371 g/mol. The van der Waals surface area contributed by atoms with E-state index in [4.69, 9.17) is 5.73 Å². The first-order valence-electron chi connectivity index (χ1n) is 8.63. The number of anilines is 2. The molecule has 1 aromatic rings. The molecule has 3 aliphatic rings. The van der Waals surface area contributed by atoms with E-state index in [1.165, 1.54) is 18.5 Å². The van der Waals surface area contributed by atoms with Crippen LogP contribution in [0.4, 0.5) is 11.4 Å². The van der Waals surface area contributed by atoms with Crippen molar-refractivity contribution < 1.29 is 4.79 Å². The molecule has 2 N–H and O–H groups in total. The van der Waals surface area contributed by atoms with Crippen molar-refractivity contribution in [3.8, 4) is 0 Å². The van der Waals surface area contributed by atoms with Crippen LogP contribution < -0.4 is 15.5 Å². The lowest BCUT2D eigenvalue weighted by Crippen LogP contribution is -2.46. The van der Waals surface area contributed by atoms with Gasteiger partial charge in [-0.2, -0.15) is 0 Å². The average Bonchev–Trinajstić information content (AvgIpc) is 3.25. The van der Waals surface area contributed by atoms with Crippen LogP contribution in [-0.4, -0.2) is 31.6 Å². The normalized spacial score (nSPS) is 25.5. The van der Waals surface area contributed by atoms with E-state index in [1.807, 2.05) is 11.0 Å². The van der Waals surface area contributed by atoms with E-state index in [1.54, 1.807) is 0 Å². The van der Waals surface area contributed by atoms with Gasteiger partial charge >= 0.3 is 0 Å². The summed E-state index contributed by atoms with van der Waals surface area (Å²) in [5.41, 5.74) is 8.32. The number of fused-ring (bicyclic) bond motifs is 1. The molecule has 134 valence electrons. The Bertz CT molecular complexity index is 579. The summed E-state index contributed by atoms with van der Waals surface area (Å²) < 4.78 is 0. The molecule has 4 rings (SSSR count). The molecule has 0 spiro atoms. The largest absolute Gasteiger partial charge is 0.368 e. The smallest absolute Gasteiger partial charge is 0.230 e. The lowest BCUT2D eigenvalue weighted by molar-refractivity contribution is -0.122. The van der Waals surface area contributed by atoms with Crippen molar-refractivity contribution >= 4 is 42.1 Å². The van der Waals surface area contributed by atoms with Crippen LogP contribution in [0.1, 0.15) is 32.1 Å². The molecular weight excluding hydrogens is 345 g/mol. The van der Waals surface area contributed by atoms with Gasteiger partial charge in [0.2, 0.25) is 5.91 Å². The number of carbonyl (C=O) groups excluding carboxylic acids is 1. The molecule has 1 amide bonds. The molecule has 1 heterocycles. The molecule has 2 atom stereocenters. The van der Waals surface area contributed by atoms with Crippen molar-refractivity contribution in [2.75, 3.05) is 29.4 Å². The van der Waals surface area contributed by atoms with E-state index in [9.17, 15) is 4.79 Å². The summed E-state index contributed by atoms with van der Waals surface area (Å²) in [6, 6.07) is 8.59. The summed E-state index contributed by atoms with van der Waals surface area (Å²) in [6.07, 6.45) is 5.51. The first kappa shape index (κ1) is 19.4. The number of rotatable bonds is 3. The van der Waals surface area contributed by atoms with Gasteiger partial charge in [0.05, 0.1) is 11.4 Å². The highest BCUT2D eigenvalue weighted by Gasteiger charge is 2.35. The highest BCUT2D eigenvalue weighted by atomic mass is 35.5. The van der Waals surface area contributed by atoms with Crippen LogP contribution in [0.15, 0.2) is 24.3 Å². The highest BCUT2D eigenvalue weighted by Crippen LogP contribution is 2.38. The van der Waals surface area contributed by atoms with Gasteiger partial charge in [-0.25, -0.2) is 0 Å². The zero-order chi connectivity index (χ0) is 15.1. The van der Waals surface area contributed by atoms with Gasteiger partial charge in [-0.1, -0.05) is 12.1 Å². The van der Waals surface area contributed by atoms with Gasteiger partial charge in [0.15, 0.2) is 0 Å². The first-order valence-corrected chi connectivity index (χ1v) is 8.63. The van der Waals surface area contributed by atoms with Crippen molar-refractivity contribution in [3.63, 3.8) is 0 Å². The Hall–Kier alpha value is -0.970. The van der Waals surface area contributed by atoms with Gasteiger partial charge in [-0.05, 0) is 50.2 Å². The van der Waals surface area contributed by atoms with Crippen LogP contribution in [0.3, 0.4) is 0 Å². The zero-order valence-electron chi connectivity index (χ0n) is 13.9. The lowest BCUT2D eigenvalue weighted by Gasteiger charge is -2.38. The Balaban J connectivity index is 0.00000104. The Morgan fingerprint density at radius 3 is 2.38 bits per heavy atom. The van der Waals surface area contributed by atoms with E-state index in [2.05, 4.69) is 23.1 Å². The minimum Gasteiger partial charge on any atom is -0.368 e. The number of carbonyl (C=O) groups is 1. The number of para-hydroxylation sites is 2. The van der Waals surface area contributed by atoms with Crippen molar-refractivity contribution in [2.24, 2.45) is 17.6 Å². The topological polar surface area (TPSA) is 49.6 Å². The molecule has 0 bridgehead atoms. The molecule has 0 radical (unpaired) electrons. The number of nitrogens with two attached hydrogens (primary N) is 1. The molecule has 6 heteroatoms. The van der Waals surface area contributed by atoms with Crippen molar-refractivity contribution in [1.29, 1.82) is 0 Å². The number of hydrogen-bond donors (Lipinski definition) is 1. The third-order valence-corrected chi connectivity index (χ3v) is 5.37. The SMILES string of the molecule is Cl.Cl.NC1CCC(C(=O)N2CCN(CC3CC3)c3ccccc32)C1. The fourth-order valence-corrected chi connectivity index (χ4v) is 3.91. The molecule has 1 aromatic carbocycles. The van der Waals surface area contributed by atoms with Gasteiger partial charge in [-0.3, -0.25) is 4.79 Å². The molecule has 4 nitrogen and oxygen atoms in total. The lowest BCUT2D eigenvalue weighted by atomic mass is 10.0. The summed E-state index contributed by atoms with van der Waals surface area (Å²) in [5.74, 6) is 1.27. The van der Waals surface area contributed by atoms with Crippen LogP contribution in [-0.2, 0) is 4.79 Å². The predicted octanol–water partition coefficient (Wildman–Crippen LogP) is 3.22. The van der Waals surface area contributed by atoms with E-state index in [0.29, 0.717) is 0 Å².